The zero-order valence-corrected chi connectivity index (χ0v) is 15.8. The van der Waals surface area contributed by atoms with E-state index in [1.807, 2.05) is 0 Å². The van der Waals surface area contributed by atoms with Crippen LogP contribution in [0.1, 0.15) is 13.8 Å². The Hall–Kier alpha value is -0.826. The van der Waals surface area contributed by atoms with Crippen molar-refractivity contribution >= 4 is 29.7 Å². The van der Waals surface area contributed by atoms with Crippen molar-refractivity contribution in [2.75, 3.05) is 42.5 Å². The topological polar surface area (TPSA) is 86.8 Å². The Morgan fingerprint density at radius 3 is 1.29 bits per heavy atom. The van der Waals surface area contributed by atoms with Crippen LogP contribution >= 0.6 is 0 Å². The number of hydrogen-bond donors (Lipinski definition) is 0. The van der Waals surface area contributed by atoms with Gasteiger partial charge in [-0.25, -0.2) is 0 Å². The molecule has 0 spiro atoms. The first-order chi connectivity index (χ1) is 9.66. The fourth-order valence-corrected chi connectivity index (χ4v) is 7.64. The molecule has 11 heteroatoms. The Morgan fingerprint density at radius 2 is 1.10 bits per heavy atom. The van der Waals surface area contributed by atoms with E-state index < -0.39 is 17.9 Å². The molecule has 0 heterocycles. The zero-order chi connectivity index (χ0) is 16.8. The van der Waals surface area contributed by atoms with E-state index in [1.165, 1.54) is 65.5 Å². The van der Waals surface area contributed by atoms with Gasteiger partial charge in [0.1, 0.15) is 0 Å². The van der Waals surface area contributed by atoms with E-state index in [0.717, 1.165) is 0 Å². The lowest BCUT2D eigenvalue weighted by atomic mass is 10.7. The summed E-state index contributed by atoms with van der Waals surface area (Å²) in [6, 6.07) is 0. The molecule has 0 aromatic carbocycles. The van der Waals surface area contributed by atoms with Crippen LogP contribution in [0.15, 0.2) is 0 Å². The van der Waals surface area contributed by atoms with Crippen LogP contribution < -0.4 is 0 Å². The van der Waals surface area contributed by atoms with E-state index in [2.05, 4.69) is 0 Å². The summed E-state index contributed by atoms with van der Waals surface area (Å²) in [5.74, 6) is -0.661. The minimum absolute atomic E-state index is 0.331. The molecule has 124 valence electrons. The van der Waals surface area contributed by atoms with E-state index in [-0.39, 0.29) is 11.8 Å². The highest BCUT2D eigenvalue weighted by Crippen LogP contribution is 2.23. The third kappa shape index (κ3) is 4.09. The van der Waals surface area contributed by atoms with Gasteiger partial charge in [-0.3, -0.25) is 9.59 Å². The second-order valence-electron chi connectivity index (χ2n) is 4.12. The van der Waals surface area contributed by atoms with Crippen molar-refractivity contribution in [3.8, 4) is 0 Å². The van der Waals surface area contributed by atoms with Gasteiger partial charge in [0.05, 0.1) is 0 Å². The largest absolute Gasteiger partial charge is 0.672 e. The van der Waals surface area contributed by atoms with Crippen LogP contribution in [0.5, 0.6) is 0 Å². The molecule has 0 aliphatic carbocycles. The number of carbonyl (C=O) groups is 2. The van der Waals surface area contributed by atoms with Crippen molar-refractivity contribution in [3.63, 3.8) is 0 Å². The summed E-state index contributed by atoms with van der Waals surface area (Å²) in [4.78, 5) is 23.6. The van der Waals surface area contributed by atoms with Gasteiger partial charge in [0, 0.05) is 56.4 Å². The monoisotopic (exact) mass is 340 g/mol. The summed E-state index contributed by atoms with van der Waals surface area (Å²) in [5, 5.41) is 0. The van der Waals surface area contributed by atoms with Crippen LogP contribution in [0.25, 0.3) is 0 Å². The van der Waals surface area contributed by atoms with Gasteiger partial charge < -0.3 is 31.0 Å². The first-order valence-corrected chi connectivity index (χ1v) is 9.40. The Bertz CT molecular complexity index is 350. The van der Waals surface area contributed by atoms with E-state index in [0.29, 0.717) is 0 Å². The van der Waals surface area contributed by atoms with Crippen LogP contribution in [0.4, 0.5) is 0 Å². The van der Waals surface area contributed by atoms with Crippen LogP contribution in [0.2, 0.25) is 0 Å². The van der Waals surface area contributed by atoms with Gasteiger partial charge in [0.25, 0.3) is 0 Å². The molecule has 0 bridgehead atoms. The van der Waals surface area contributed by atoms with E-state index in [4.69, 9.17) is 21.8 Å². The van der Waals surface area contributed by atoms with Crippen LogP contribution in [-0.4, -0.2) is 81.4 Å². The molecule has 0 aromatic rings. The molecule has 0 saturated carbocycles. The van der Waals surface area contributed by atoms with Gasteiger partial charge in [-0.1, -0.05) is 0 Å². The van der Waals surface area contributed by atoms with Crippen molar-refractivity contribution in [3.05, 3.63) is 0 Å². The Kier molecular flexibility index (Phi) is 7.66. The Balaban J connectivity index is 5.90. The fourth-order valence-electron chi connectivity index (χ4n) is 1.61. The van der Waals surface area contributed by atoms with Crippen LogP contribution in [0.3, 0.4) is 0 Å². The summed E-state index contributed by atoms with van der Waals surface area (Å²) >= 11 is 0. The molecule has 0 atom stereocenters. The molecule has 0 aromatic heterocycles. The molecule has 0 N–H and O–H groups in total. The normalized spacial score (nSPS) is 12.2. The second-order valence-corrected chi connectivity index (χ2v) is 10.0. The number of amides is 2. The molecule has 0 unspecified atom stereocenters. The maximum atomic E-state index is 11.8. The Labute approximate surface area is 127 Å². The predicted molar refractivity (Wildman–Crippen MR) is 77.5 cm³/mol. The third-order valence-electron chi connectivity index (χ3n) is 3.07. The molecule has 21 heavy (non-hydrogen) atoms. The quantitative estimate of drug-likeness (QED) is 0.546. The maximum Gasteiger partial charge on any atom is 0.672 e. The lowest BCUT2D eigenvalue weighted by Crippen LogP contribution is -2.74. The number of rotatable bonds is 8. The van der Waals surface area contributed by atoms with Gasteiger partial charge in [0.15, 0.2) is 0 Å². The standard InChI is InChI=1S/C10H24N2O7Si2/c1-9(13)11(3)20(15-5,12(4)10(2)14)19-21(16-6,17-7)18-8/h1-8H3. The molecule has 0 radical (unpaired) electrons. The third-order valence-corrected chi connectivity index (χ3v) is 9.49. The van der Waals surface area contributed by atoms with Crippen molar-refractivity contribution in [1.82, 2.24) is 9.13 Å². The average Bonchev–Trinajstić information content (AvgIpc) is 2.48. The molecule has 9 nitrogen and oxygen atoms in total. The predicted octanol–water partition coefficient (Wildman–Crippen LogP) is -0.584. The van der Waals surface area contributed by atoms with Crippen molar-refractivity contribution < 1.29 is 31.4 Å². The highest BCUT2D eigenvalue weighted by Gasteiger charge is 2.61. The van der Waals surface area contributed by atoms with E-state index in [9.17, 15) is 9.59 Å². The molecule has 0 aliphatic heterocycles. The SMILES string of the molecule is CO[Si](OC)(OC)O[Si](OC)(N(C)C(C)=O)N(C)C(C)=O. The van der Waals surface area contributed by atoms with Gasteiger partial charge in [0.2, 0.25) is 11.8 Å². The average molecular weight is 340 g/mol. The van der Waals surface area contributed by atoms with Crippen molar-refractivity contribution in [1.29, 1.82) is 0 Å². The molecule has 2 amide bonds. The number of carbonyl (C=O) groups excluding carboxylic acids is 2. The Morgan fingerprint density at radius 1 is 0.762 bits per heavy atom. The lowest BCUT2D eigenvalue weighted by Gasteiger charge is -2.43. The van der Waals surface area contributed by atoms with E-state index >= 15 is 0 Å². The summed E-state index contributed by atoms with van der Waals surface area (Å²) in [5.41, 5.74) is 0. The molecular weight excluding hydrogens is 316 g/mol. The first-order valence-electron chi connectivity index (χ1n) is 6.05. The molecule has 0 saturated heterocycles. The fraction of sp³-hybridized carbons (Fsp3) is 0.800. The van der Waals surface area contributed by atoms with Gasteiger partial charge in [-0.15, -0.1) is 0 Å². The maximum absolute atomic E-state index is 11.8. The summed E-state index contributed by atoms with van der Waals surface area (Å²) < 4.78 is 29.4. The highest BCUT2D eigenvalue weighted by molar-refractivity contribution is 6.75. The van der Waals surface area contributed by atoms with Crippen LogP contribution in [-0.2, 0) is 31.4 Å². The summed E-state index contributed by atoms with van der Waals surface area (Å²) in [7, 11) is 1.20. The second kappa shape index (κ2) is 7.98. The number of nitrogens with zero attached hydrogens (tertiary/aromatic N) is 2. The van der Waals surface area contributed by atoms with Crippen LogP contribution in [0, 0.1) is 0 Å². The molecule has 0 aliphatic rings. The minimum atomic E-state index is -3.65. The summed E-state index contributed by atoms with van der Waals surface area (Å²) in [6.07, 6.45) is 0. The van der Waals surface area contributed by atoms with Gasteiger partial charge in [-0.2, -0.15) is 0 Å². The highest BCUT2D eigenvalue weighted by atomic mass is 28.5. The van der Waals surface area contributed by atoms with Gasteiger partial charge >= 0.3 is 17.9 Å². The lowest BCUT2D eigenvalue weighted by molar-refractivity contribution is -0.130. The summed E-state index contributed by atoms with van der Waals surface area (Å²) in [6.45, 7) is 2.68. The van der Waals surface area contributed by atoms with Crippen molar-refractivity contribution in [2.24, 2.45) is 0 Å². The number of hydrogen-bond acceptors (Lipinski definition) is 7. The molecule has 0 rings (SSSR count). The van der Waals surface area contributed by atoms with Gasteiger partial charge in [-0.05, 0) is 0 Å². The smallest absolute Gasteiger partial charge is 0.365 e. The molecule has 0 fully saturated rings. The molecular formula is C10H24N2O7Si2. The van der Waals surface area contributed by atoms with E-state index in [1.54, 1.807) is 0 Å². The zero-order valence-electron chi connectivity index (χ0n) is 13.8. The first kappa shape index (κ1) is 20.2. The minimum Gasteiger partial charge on any atom is -0.365 e. The van der Waals surface area contributed by atoms with Crippen molar-refractivity contribution in [2.45, 2.75) is 13.8 Å².